The van der Waals surface area contributed by atoms with Crippen molar-refractivity contribution in [2.75, 3.05) is 19.8 Å². The molecule has 0 atom stereocenters. The molecule has 0 aromatic carbocycles. The fraction of sp³-hybridized carbons (Fsp3) is 1.00. The van der Waals surface area contributed by atoms with E-state index in [4.69, 9.17) is 13.6 Å². The third kappa shape index (κ3) is 10.1. The Kier molecular flexibility index (Phi) is 9.14. The van der Waals surface area contributed by atoms with Gasteiger partial charge in [-0.05, 0) is 18.3 Å². The summed E-state index contributed by atoms with van der Waals surface area (Å²) in [5.41, 5.74) is -0.0576. The molecule has 0 radical (unpaired) electrons. The molecule has 0 heterocycles. The van der Waals surface area contributed by atoms with Gasteiger partial charge in [0.05, 0.1) is 19.8 Å². The first-order valence-electron chi connectivity index (χ1n) is 6.86. The van der Waals surface area contributed by atoms with Crippen molar-refractivity contribution >= 4 is 7.82 Å². The topological polar surface area (TPSA) is 44.8 Å². The SMILES string of the molecule is CCCCOP(=O)(OCCCC)OCC(C)(C)C. The van der Waals surface area contributed by atoms with E-state index < -0.39 is 7.82 Å². The Bertz CT molecular complexity index is 234. The summed E-state index contributed by atoms with van der Waals surface area (Å²) in [6, 6.07) is 0. The summed E-state index contributed by atoms with van der Waals surface area (Å²) in [4.78, 5) is 0. The maximum Gasteiger partial charge on any atom is 0.474 e. The Morgan fingerprint density at radius 3 is 1.67 bits per heavy atom. The van der Waals surface area contributed by atoms with Gasteiger partial charge in [-0.1, -0.05) is 47.5 Å². The van der Waals surface area contributed by atoms with Gasteiger partial charge in [-0.3, -0.25) is 13.6 Å². The Morgan fingerprint density at radius 1 is 0.889 bits per heavy atom. The highest BCUT2D eigenvalue weighted by Gasteiger charge is 2.28. The van der Waals surface area contributed by atoms with Crippen LogP contribution in [-0.4, -0.2) is 19.8 Å². The van der Waals surface area contributed by atoms with Gasteiger partial charge in [0.1, 0.15) is 0 Å². The largest absolute Gasteiger partial charge is 0.474 e. The Labute approximate surface area is 112 Å². The minimum absolute atomic E-state index is 0.0576. The van der Waals surface area contributed by atoms with Crippen molar-refractivity contribution in [1.82, 2.24) is 0 Å². The van der Waals surface area contributed by atoms with Crippen LogP contribution in [0.1, 0.15) is 60.3 Å². The third-order valence-electron chi connectivity index (χ3n) is 2.15. The van der Waals surface area contributed by atoms with E-state index in [0.717, 1.165) is 25.7 Å². The van der Waals surface area contributed by atoms with Crippen LogP contribution in [0.4, 0.5) is 0 Å². The molecule has 0 aromatic rings. The molecule has 0 amide bonds. The quantitative estimate of drug-likeness (QED) is 0.426. The third-order valence-corrected chi connectivity index (χ3v) is 3.59. The summed E-state index contributed by atoms with van der Waals surface area (Å²) in [5.74, 6) is 0. The average Bonchev–Trinajstić information content (AvgIpc) is 2.27. The predicted molar refractivity (Wildman–Crippen MR) is 74.7 cm³/mol. The molecule has 5 heteroatoms. The zero-order valence-corrected chi connectivity index (χ0v) is 13.4. The molecule has 0 aliphatic carbocycles. The molecule has 0 aliphatic heterocycles. The number of phosphoric acid groups is 1. The summed E-state index contributed by atoms with van der Waals surface area (Å²) in [7, 11) is -3.38. The number of hydrogen-bond acceptors (Lipinski definition) is 4. The molecule has 0 aliphatic rings. The first kappa shape index (κ1) is 18.1. The molecule has 0 bridgehead atoms. The Morgan fingerprint density at radius 2 is 1.33 bits per heavy atom. The molecule has 0 fully saturated rings. The molecule has 18 heavy (non-hydrogen) atoms. The summed E-state index contributed by atoms with van der Waals surface area (Å²) in [6.45, 7) is 11.4. The maximum absolute atomic E-state index is 12.3. The molecule has 0 spiro atoms. The van der Waals surface area contributed by atoms with Gasteiger partial charge in [0.25, 0.3) is 0 Å². The van der Waals surface area contributed by atoms with E-state index >= 15 is 0 Å². The van der Waals surface area contributed by atoms with Crippen LogP contribution in [0.5, 0.6) is 0 Å². The molecule has 4 nitrogen and oxygen atoms in total. The first-order valence-corrected chi connectivity index (χ1v) is 8.32. The predicted octanol–water partition coefficient (Wildman–Crippen LogP) is 4.79. The van der Waals surface area contributed by atoms with Gasteiger partial charge in [-0.2, -0.15) is 0 Å². The molecule has 0 N–H and O–H groups in total. The number of hydrogen-bond donors (Lipinski definition) is 0. The molecule has 0 saturated heterocycles. The van der Waals surface area contributed by atoms with Gasteiger partial charge in [0.15, 0.2) is 0 Å². The van der Waals surface area contributed by atoms with E-state index in [1.807, 2.05) is 20.8 Å². The monoisotopic (exact) mass is 280 g/mol. The van der Waals surface area contributed by atoms with Gasteiger partial charge >= 0.3 is 7.82 Å². The lowest BCUT2D eigenvalue weighted by Crippen LogP contribution is -2.15. The van der Waals surface area contributed by atoms with Crippen LogP contribution in [0.2, 0.25) is 0 Å². The van der Waals surface area contributed by atoms with Crippen molar-refractivity contribution in [1.29, 1.82) is 0 Å². The lowest BCUT2D eigenvalue weighted by atomic mass is 9.99. The molecule has 0 aromatic heterocycles. The molecule has 0 unspecified atom stereocenters. The van der Waals surface area contributed by atoms with Crippen molar-refractivity contribution in [3.63, 3.8) is 0 Å². The second-order valence-electron chi connectivity index (χ2n) is 5.65. The highest BCUT2D eigenvalue weighted by atomic mass is 31.2. The van der Waals surface area contributed by atoms with Gasteiger partial charge in [0.2, 0.25) is 0 Å². The second-order valence-corrected chi connectivity index (χ2v) is 7.32. The summed E-state index contributed by atoms with van der Waals surface area (Å²) < 4.78 is 28.4. The normalized spacial score (nSPS) is 12.9. The molecule has 0 rings (SSSR count). The van der Waals surface area contributed by atoms with E-state index in [9.17, 15) is 4.57 Å². The van der Waals surface area contributed by atoms with E-state index in [1.54, 1.807) is 0 Å². The van der Waals surface area contributed by atoms with Gasteiger partial charge < -0.3 is 0 Å². The lowest BCUT2D eigenvalue weighted by molar-refractivity contribution is 0.0840. The standard InChI is InChI=1S/C13H29O4P/c1-6-8-10-15-18(14,16-11-9-7-2)17-12-13(3,4)5/h6-12H2,1-5H3. The van der Waals surface area contributed by atoms with Crippen LogP contribution in [0, 0.1) is 5.41 Å². The first-order chi connectivity index (χ1) is 8.33. The van der Waals surface area contributed by atoms with E-state index in [0.29, 0.717) is 19.8 Å². The highest BCUT2D eigenvalue weighted by Crippen LogP contribution is 2.50. The van der Waals surface area contributed by atoms with Crippen molar-refractivity contribution in [2.24, 2.45) is 5.41 Å². The van der Waals surface area contributed by atoms with Crippen molar-refractivity contribution in [3.05, 3.63) is 0 Å². The summed E-state index contributed by atoms with van der Waals surface area (Å²) in [5, 5.41) is 0. The smallest absolute Gasteiger partial charge is 0.287 e. The zero-order chi connectivity index (χ0) is 14.1. The second kappa shape index (κ2) is 9.08. The Balaban J connectivity index is 4.25. The lowest BCUT2D eigenvalue weighted by Gasteiger charge is -2.23. The van der Waals surface area contributed by atoms with Crippen molar-refractivity contribution in [2.45, 2.75) is 60.3 Å². The molecule has 0 saturated carbocycles. The number of unbranched alkanes of at least 4 members (excludes halogenated alkanes) is 2. The van der Waals surface area contributed by atoms with Crippen LogP contribution in [0.15, 0.2) is 0 Å². The average molecular weight is 280 g/mol. The summed E-state index contributed by atoms with van der Waals surface area (Å²) in [6.07, 6.45) is 3.71. The van der Waals surface area contributed by atoms with Crippen LogP contribution < -0.4 is 0 Å². The van der Waals surface area contributed by atoms with Crippen molar-refractivity contribution in [3.8, 4) is 0 Å². The minimum Gasteiger partial charge on any atom is -0.287 e. The van der Waals surface area contributed by atoms with Crippen LogP contribution in [-0.2, 0) is 18.1 Å². The number of phosphoric ester groups is 1. The van der Waals surface area contributed by atoms with E-state index in [-0.39, 0.29) is 5.41 Å². The Hall–Kier alpha value is 0.110. The maximum atomic E-state index is 12.3. The molecular formula is C13H29O4P. The van der Waals surface area contributed by atoms with Gasteiger partial charge in [0, 0.05) is 0 Å². The van der Waals surface area contributed by atoms with E-state index in [1.165, 1.54) is 0 Å². The van der Waals surface area contributed by atoms with Crippen LogP contribution in [0.3, 0.4) is 0 Å². The number of rotatable bonds is 10. The van der Waals surface area contributed by atoms with Crippen molar-refractivity contribution < 1.29 is 18.1 Å². The van der Waals surface area contributed by atoms with E-state index in [2.05, 4.69) is 13.8 Å². The zero-order valence-electron chi connectivity index (χ0n) is 12.5. The van der Waals surface area contributed by atoms with Gasteiger partial charge in [-0.15, -0.1) is 0 Å². The van der Waals surface area contributed by atoms with Crippen LogP contribution >= 0.6 is 7.82 Å². The minimum atomic E-state index is -3.38. The highest BCUT2D eigenvalue weighted by molar-refractivity contribution is 7.48. The molecule has 110 valence electrons. The molecular weight excluding hydrogens is 251 g/mol. The van der Waals surface area contributed by atoms with Gasteiger partial charge in [-0.25, -0.2) is 4.57 Å². The summed E-state index contributed by atoms with van der Waals surface area (Å²) >= 11 is 0. The van der Waals surface area contributed by atoms with Crippen LogP contribution in [0.25, 0.3) is 0 Å². The fourth-order valence-corrected chi connectivity index (χ4v) is 2.50. The fourth-order valence-electron chi connectivity index (χ4n) is 1.03.